The van der Waals surface area contributed by atoms with Crippen LogP contribution >= 0.6 is 0 Å². The minimum absolute atomic E-state index is 0.155. The number of carbonyl (C=O) groups is 2. The molecule has 80 valence electrons. The molecule has 1 unspecified atom stereocenters. The average Bonchev–Trinajstić information content (AvgIpc) is 2.39. The van der Waals surface area contributed by atoms with Crippen molar-refractivity contribution in [3.63, 3.8) is 0 Å². The highest BCUT2D eigenvalue weighted by atomic mass is 16.1. The molecular weight excluding hydrogens is 204 g/mol. The van der Waals surface area contributed by atoms with Gasteiger partial charge in [0.1, 0.15) is 17.4 Å². The first-order chi connectivity index (χ1) is 7.78. The molecule has 1 aromatic rings. The highest BCUT2D eigenvalue weighted by Gasteiger charge is 2.37. The Bertz CT molecular complexity index is 465. The van der Waals surface area contributed by atoms with Crippen LogP contribution in [0.25, 0.3) is 0 Å². The van der Waals surface area contributed by atoms with E-state index in [1.807, 2.05) is 0 Å². The van der Waals surface area contributed by atoms with Gasteiger partial charge in [-0.2, -0.15) is 0 Å². The van der Waals surface area contributed by atoms with Gasteiger partial charge in [0.15, 0.2) is 5.78 Å². The van der Waals surface area contributed by atoms with Gasteiger partial charge in [0.2, 0.25) is 0 Å². The summed E-state index contributed by atoms with van der Waals surface area (Å²) < 4.78 is 0. The van der Waals surface area contributed by atoms with Gasteiger partial charge in [-0.25, -0.2) is 0 Å². The van der Waals surface area contributed by atoms with Crippen molar-refractivity contribution in [2.45, 2.75) is 0 Å². The van der Waals surface area contributed by atoms with E-state index < -0.39 is 5.41 Å². The van der Waals surface area contributed by atoms with Crippen LogP contribution in [0.5, 0.6) is 0 Å². The summed E-state index contributed by atoms with van der Waals surface area (Å²) in [5.74, 6) is -0.309. The number of rotatable bonds is 3. The predicted octanol–water partition coefficient (Wildman–Crippen LogP) is 1.09. The molecular formula is C12H10N2O2. The predicted molar refractivity (Wildman–Crippen MR) is 59.6 cm³/mol. The number of pyridine rings is 1. The first-order valence-corrected chi connectivity index (χ1v) is 4.88. The van der Waals surface area contributed by atoms with Gasteiger partial charge in [0.05, 0.1) is 6.54 Å². The summed E-state index contributed by atoms with van der Waals surface area (Å²) in [5.41, 5.74) is -0.889. The van der Waals surface area contributed by atoms with Crippen LogP contribution in [0, 0.1) is 5.41 Å². The van der Waals surface area contributed by atoms with Crippen molar-refractivity contribution in [1.82, 2.24) is 4.98 Å². The first-order valence-electron chi connectivity index (χ1n) is 4.88. The lowest BCUT2D eigenvalue weighted by molar-refractivity contribution is -0.112. The van der Waals surface area contributed by atoms with Crippen LogP contribution in [0.1, 0.15) is 10.5 Å². The summed E-state index contributed by atoms with van der Waals surface area (Å²) >= 11 is 0. The number of aromatic nitrogens is 1. The topological polar surface area (TPSA) is 59.4 Å². The summed E-state index contributed by atoms with van der Waals surface area (Å²) in [6.07, 6.45) is 6.93. The van der Waals surface area contributed by atoms with E-state index >= 15 is 0 Å². The van der Waals surface area contributed by atoms with E-state index in [1.165, 1.54) is 6.20 Å². The first kappa shape index (κ1) is 10.4. The third-order valence-corrected chi connectivity index (χ3v) is 2.47. The van der Waals surface area contributed by atoms with Crippen molar-refractivity contribution < 1.29 is 9.59 Å². The second-order valence-corrected chi connectivity index (χ2v) is 3.55. The number of aliphatic imine (C=N–C) groups is 1. The largest absolute Gasteiger partial charge is 0.302 e. The molecule has 0 aliphatic carbocycles. The van der Waals surface area contributed by atoms with Crippen LogP contribution in [0.4, 0.5) is 0 Å². The molecule has 0 saturated heterocycles. The summed E-state index contributed by atoms with van der Waals surface area (Å²) in [4.78, 5) is 31.2. The van der Waals surface area contributed by atoms with Gasteiger partial charge in [0.25, 0.3) is 0 Å². The minimum Gasteiger partial charge on any atom is -0.302 e. The zero-order valence-corrected chi connectivity index (χ0v) is 8.54. The maximum atomic E-state index is 12.1. The maximum absolute atomic E-state index is 12.1. The van der Waals surface area contributed by atoms with Crippen LogP contribution < -0.4 is 0 Å². The van der Waals surface area contributed by atoms with Crippen LogP contribution in [-0.2, 0) is 4.79 Å². The second-order valence-electron chi connectivity index (χ2n) is 3.55. The number of carbonyl (C=O) groups excluding carboxylic acids is 2. The maximum Gasteiger partial charge on any atom is 0.200 e. The number of hydrogen-bond donors (Lipinski definition) is 0. The summed E-state index contributed by atoms with van der Waals surface area (Å²) in [6, 6.07) is 5.04. The summed E-state index contributed by atoms with van der Waals surface area (Å²) in [7, 11) is 0. The number of aldehydes is 1. The van der Waals surface area contributed by atoms with Crippen LogP contribution in [0.15, 0.2) is 41.5 Å². The molecule has 4 heteroatoms. The van der Waals surface area contributed by atoms with Crippen LogP contribution in [0.2, 0.25) is 0 Å². The minimum atomic E-state index is -1.18. The molecule has 2 rings (SSSR count). The molecule has 16 heavy (non-hydrogen) atoms. The van der Waals surface area contributed by atoms with E-state index in [1.54, 1.807) is 36.6 Å². The molecule has 1 aliphatic rings. The van der Waals surface area contributed by atoms with Crippen LogP contribution in [0.3, 0.4) is 0 Å². The Morgan fingerprint density at radius 1 is 1.44 bits per heavy atom. The van der Waals surface area contributed by atoms with E-state index in [9.17, 15) is 9.59 Å². The third kappa shape index (κ3) is 1.69. The molecule has 0 aromatic carbocycles. The Hall–Kier alpha value is -2.10. The molecule has 1 aromatic heterocycles. The highest BCUT2D eigenvalue weighted by molar-refractivity contribution is 6.10. The summed E-state index contributed by atoms with van der Waals surface area (Å²) in [5, 5.41) is 0. The van der Waals surface area contributed by atoms with E-state index in [2.05, 4.69) is 9.98 Å². The Kier molecular flexibility index (Phi) is 2.72. The van der Waals surface area contributed by atoms with Crippen LogP contribution in [-0.4, -0.2) is 29.8 Å². The van der Waals surface area contributed by atoms with Gasteiger partial charge in [0, 0.05) is 12.4 Å². The molecule has 0 saturated carbocycles. The Balaban J connectivity index is 2.37. The Labute approximate surface area is 92.7 Å². The van der Waals surface area contributed by atoms with Crippen molar-refractivity contribution in [2.75, 3.05) is 6.54 Å². The normalized spacial score (nSPS) is 23.0. The standard InChI is InChI=1S/C12H10N2O2/c15-9-12(5-3-6-13-8-12)11(16)10-4-1-2-7-14-10/h1-7,9H,8H2. The molecule has 0 fully saturated rings. The van der Waals surface area contributed by atoms with Crippen molar-refractivity contribution in [3.05, 3.63) is 42.2 Å². The number of nitrogens with zero attached hydrogens (tertiary/aromatic N) is 2. The van der Waals surface area contributed by atoms with Gasteiger partial charge >= 0.3 is 0 Å². The lowest BCUT2D eigenvalue weighted by Crippen LogP contribution is -2.35. The van der Waals surface area contributed by atoms with Gasteiger partial charge in [-0.05, 0) is 18.2 Å². The van der Waals surface area contributed by atoms with E-state index in [0.717, 1.165) is 0 Å². The fourth-order valence-corrected chi connectivity index (χ4v) is 1.55. The van der Waals surface area contributed by atoms with Crippen molar-refractivity contribution in [1.29, 1.82) is 0 Å². The Morgan fingerprint density at radius 3 is 2.88 bits per heavy atom. The molecule has 0 N–H and O–H groups in total. The Morgan fingerprint density at radius 2 is 2.31 bits per heavy atom. The van der Waals surface area contributed by atoms with Crippen molar-refractivity contribution in [3.8, 4) is 0 Å². The van der Waals surface area contributed by atoms with Gasteiger partial charge in [-0.3, -0.25) is 14.8 Å². The molecule has 1 atom stereocenters. The molecule has 1 aliphatic heterocycles. The SMILES string of the molecule is O=CC1(C(=O)c2ccccn2)C=CC=NC1. The van der Waals surface area contributed by atoms with Gasteiger partial charge < -0.3 is 4.79 Å². The second kappa shape index (κ2) is 4.18. The lowest BCUT2D eigenvalue weighted by atomic mass is 9.82. The molecule has 0 bridgehead atoms. The summed E-state index contributed by atoms with van der Waals surface area (Å²) in [6.45, 7) is 0.155. The van der Waals surface area contributed by atoms with Gasteiger partial charge in [-0.1, -0.05) is 12.1 Å². The number of allylic oxidation sites excluding steroid dienone is 1. The zero-order chi connectivity index (χ0) is 11.4. The zero-order valence-electron chi connectivity index (χ0n) is 8.54. The van der Waals surface area contributed by atoms with E-state index in [-0.39, 0.29) is 18.0 Å². The third-order valence-electron chi connectivity index (χ3n) is 2.47. The number of Topliss-reactive ketones (excluding diaryl/α,β-unsaturated/α-hetero) is 1. The number of hydrogen-bond acceptors (Lipinski definition) is 4. The smallest absolute Gasteiger partial charge is 0.200 e. The molecule has 0 spiro atoms. The highest BCUT2D eigenvalue weighted by Crippen LogP contribution is 2.24. The molecule has 0 amide bonds. The molecule has 0 radical (unpaired) electrons. The number of ketones is 1. The lowest BCUT2D eigenvalue weighted by Gasteiger charge is -2.21. The molecule has 2 heterocycles. The van der Waals surface area contributed by atoms with Crippen molar-refractivity contribution in [2.24, 2.45) is 10.4 Å². The fraction of sp³-hybridized carbons (Fsp3) is 0.167. The van der Waals surface area contributed by atoms with E-state index in [4.69, 9.17) is 0 Å². The average molecular weight is 214 g/mol. The number of dihydropyridines is 1. The fourth-order valence-electron chi connectivity index (χ4n) is 1.55. The van der Waals surface area contributed by atoms with E-state index in [0.29, 0.717) is 6.29 Å². The monoisotopic (exact) mass is 214 g/mol. The van der Waals surface area contributed by atoms with Crippen molar-refractivity contribution >= 4 is 18.3 Å². The van der Waals surface area contributed by atoms with Gasteiger partial charge in [-0.15, -0.1) is 0 Å². The molecule has 4 nitrogen and oxygen atoms in total. The quantitative estimate of drug-likeness (QED) is 0.430.